The second-order valence-electron chi connectivity index (χ2n) is 6.01. The SMILES string of the molecule is CC(C)CC(CC(C)C)C(C)C(C)C(=O)O. The van der Waals surface area contributed by atoms with Gasteiger partial charge in [-0.25, -0.2) is 0 Å². The Balaban J connectivity index is 4.53. The molecule has 1 N–H and O–H groups in total. The molecule has 0 aliphatic rings. The number of hydrogen-bond donors (Lipinski definition) is 1. The van der Waals surface area contributed by atoms with Gasteiger partial charge in [-0.3, -0.25) is 4.79 Å². The quantitative estimate of drug-likeness (QED) is 0.713. The van der Waals surface area contributed by atoms with Gasteiger partial charge in [-0.1, -0.05) is 41.5 Å². The first-order valence-electron chi connectivity index (χ1n) is 6.48. The summed E-state index contributed by atoms with van der Waals surface area (Å²) in [5, 5.41) is 9.07. The maximum Gasteiger partial charge on any atom is 0.306 e. The second-order valence-corrected chi connectivity index (χ2v) is 6.01. The van der Waals surface area contributed by atoms with E-state index in [9.17, 15) is 4.79 Å². The van der Waals surface area contributed by atoms with Crippen LogP contribution in [0, 0.1) is 29.6 Å². The molecule has 2 nitrogen and oxygen atoms in total. The van der Waals surface area contributed by atoms with E-state index in [1.165, 1.54) is 0 Å². The van der Waals surface area contributed by atoms with E-state index in [0.717, 1.165) is 12.8 Å². The highest BCUT2D eigenvalue weighted by atomic mass is 16.4. The molecule has 0 spiro atoms. The number of carboxylic acids is 1. The van der Waals surface area contributed by atoms with Crippen molar-refractivity contribution in [1.29, 1.82) is 0 Å². The summed E-state index contributed by atoms with van der Waals surface area (Å²) in [6, 6.07) is 0. The van der Waals surface area contributed by atoms with E-state index in [0.29, 0.717) is 17.8 Å². The molecule has 0 aromatic rings. The van der Waals surface area contributed by atoms with Crippen LogP contribution in [0.5, 0.6) is 0 Å². The average Bonchev–Trinajstić information content (AvgIpc) is 2.12. The van der Waals surface area contributed by atoms with Gasteiger partial charge in [0.15, 0.2) is 0 Å². The number of rotatable bonds is 7. The molecule has 16 heavy (non-hydrogen) atoms. The van der Waals surface area contributed by atoms with Crippen molar-refractivity contribution in [3.05, 3.63) is 0 Å². The smallest absolute Gasteiger partial charge is 0.306 e. The van der Waals surface area contributed by atoms with E-state index in [1.54, 1.807) is 0 Å². The largest absolute Gasteiger partial charge is 0.481 e. The summed E-state index contributed by atoms with van der Waals surface area (Å²) >= 11 is 0. The van der Waals surface area contributed by atoms with Crippen LogP contribution in [0.25, 0.3) is 0 Å². The standard InChI is InChI=1S/C14H28O2/c1-9(2)7-13(8-10(3)4)11(5)12(6)14(15)16/h9-13H,7-8H2,1-6H3,(H,15,16). The Morgan fingerprint density at radius 2 is 1.31 bits per heavy atom. The molecular formula is C14H28O2. The molecule has 2 unspecified atom stereocenters. The van der Waals surface area contributed by atoms with Crippen LogP contribution in [0.1, 0.15) is 54.4 Å². The fourth-order valence-electron chi connectivity index (χ4n) is 2.37. The van der Waals surface area contributed by atoms with E-state index in [2.05, 4.69) is 34.6 Å². The molecular weight excluding hydrogens is 200 g/mol. The van der Waals surface area contributed by atoms with Crippen molar-refractivity contribution in [1.82, 2.24) is 0 Å². The summed E-state index contributed by atoms with van der Waals surface area (Å²) in [4.78, 5) is 11.0. The van der Waals surface area contributed by atoms with E-state index in [4.69, 9.17) is 5.11 Å². The van der Waals surface area contributed by atoms with E-state index in [-0.39, 0.29) is 11.8 Å². The molecule has 0 radical (unpaired) electrons. The second kappa shape index (κ2) is 6.93. The third kappa shape index (κ3) is 5.53. The zero-order valence-electron chi connectivity index (χ0n) is 11.7. The number of hydrogen-bond acceptors (Lipinski definition) is 1. The predicted octanol–water partition coefficient (Wildman–Crippen LogP) is 4.05. The minimum atomic E-state index is -0.662. The Morgan fingerprint density at radius 3 is 1.56 bits per heavy atom. The molecule has 0 aliphatic heterocycles. The van der Waals surface area contributed by atoms with Gasteiger partial charge in [0.05, 0.1) is 5.92 Å². The fourth-order valence-corrected chi connectivity index (χ4v) is 2.37. The summed E-state index contributed by atoms with van der Waals surface area (Å²) in [7, 11) is 0. The molecule has 0 aromatic heterocycles. The van der Waals surface area contributed by atoms with Gasteiger partial charge in [-0.15, -0.1) is 0 Å². The highest BCUT2D eigenvalue weighted by Crippen LogP contribution is 2.31. The monoisotopic (exact) mass is 228 g/mol. The molecule has 0 saturated heterocycles. The summed E-state index contributed by atoms with van der Waals surface area (Å²) < 4.78 is 0. The van der Waals surface area contributed by atoms with Gasteiger partial charge in [0.25, 0.3) is 0 Å². The van der Waals surface area contributed by atoms with Gasteiger partial charge in [-0.2, -0.15) is 0 Å². The van der Waals surface area contributed by atoms with Crippen molar-refractivity contribution in [2.24, 2.45) is 29.6 Å². The Labute approximate surface area is 100 Å². The molecule has 0 fully saturated rings. The maximum absolute atomic E-state index is 11.0. The van der Waals surface area contributed by atoms with Gasteiger partial charge in [0.1, 0.15) is 0 Å². The Bertz CT molecular complexity index is 199. The summed E-state index contributed by atoms with van der Waals surface area (Å²) in [5.41, 5.74) is 0. The third-order valence-corrected chi connectivity index (χ3v) is 3.47. The lowest BCUT2D eigenvalue weighted by Crippen LogP contribution is -2.27. The molecule has 0 heterocycles. The molecule has 2 atom stereocenters. The van der Waals surface area contributed by atoms with Crippen molar-refractivity contribution in [2.75, 3.05) is 0 Å². The van der Waals surface area contributed by atoms with Crippen LogP contribution in [-0.2, 0) is 4.79 Å². The van der Waals surface area contributed by atoms with Crippen molar-refractivity contribution in [2.45, 2.75) is 54.4 Å². The van der Waals surface area contributed by atoms with E-state index in [1.807, 2.05) is 6.92 Å². The van der Waals surface area contributed by atoms with Crippen molar-refractivity contribution < 1.29 is 9.90 Å². The van der Waals surface area contributed by atoms with Crippen LogP contribution in [0.2, 0.25) is 0 Å². The van der Waals surface area contributed by atoms with Crippen molar-refractivity contribution in [3.63, 3.8) is 0 Å². The Kier molecular flexibility index (Phi) is 6.70. The normalized spacial score (nSPS) is 15.8. The molecule has 0 saturated carbocycles. The Morgan fingerprint density at radius 1 is 0.938 bits per heavy atom. The highest BCUT2D eigenvalue weighted by molar-refractivity contribution is 5.69. The molecule has 0 rings (SSSR count). The molecule has 96 valence electrons. The molecule has 0 aromatic carbocycles. The average molecular weight is 228 g/mol. The lowest BCUT2D eigenvalue weighted by atomic mass is 9.76. The zero-order valence-corrected chi connectivity index (χ0v) is 11.7. The highest BCUT2D eigenvalue weighted by Gasteiger charge is 2.28. The minimum Gasteiger partial charge on any atom is -0.481 e. The van der Waals surface area contributed by atoms with Gasteiger partial charge >= 0.3 is 5.97 Å². The predicted molar refractivity (Wildman–Crippen MR) is 68.4 cm³/mol. The third-order valence-electron chi connectivity index (χ3n) is 3.47. The fraction of sp³-hybridized carbons (Fsp3) is 0.929. The van der Waals surface area contributed by atoms with Crippen LogP contribution in [0.15, 0.2) is 0 Å². The molecule has 0 bridgehead atoms. The number of carboxylic acid groups (broad SMARTS) is 1. The topological polar surface area (TPSA) is 37.3 Å². The van der Waals surface area contributed by atoms with E-state index >= 15 is 0 Å². The summed E-state index contributed by atoms with van der Waals surface area (Å²) in [6.45, 7) is 12.8. The van der Waals surface area contributed by atoms with Gasteiger partial charge < -0.3 is 5.11 Å². The van der Waals surface area contributed by atoms with Crippen LogP contribution < -0.4 is 0 Å². The summed E-state index contributed by atoms with van der Waals surface area (Å²) in [5.74, 6) is 1.19. The maximum atomic E-state index is 11.0. The lowest BCUT2D eigenvalue weighted by Gasteiger charge is -2.29. The zero-order chi connectivity index (χ0) is 12.9. The summed E-state index contributed by atoms with van der Waals surface area (Å²) in [6.07, 6.45) is 2.27. The van der Waals surface area contributed by atoms with Crippen LogP contribution in [0.4, 0.5) is 0 Å². The van der Waals surface area contributed by atoms with Gasteiger partial charge in [0, 0.05) is 0 Å². The van der Waals surface area contributed by atoms with Crippen molar-refractivity contribution >= 4 is 5.97 Å². The lowest BCUT2D eigenvalue weighted by molar-refractivity contribution is -0.143. The van der Waals surface area contributed by atoms with Gasteiger partial charge in [0.2, 0.25) is 0 Å². The van der Waals surface area contributed by atoms with Crippen LogP contribution in [-0.4, -0.2) is 11.1 Å². The molecule has 2 heteroatoms. The molecule has 0 amide bonds. The van der Waals surface area contributed by atoms with Crippen LogP contribution in [0.3, 0.4) is 0 Å². The van der Waals surface area contributed by atoms with E-state index < -0.39 is 5.97 Å². The first-order chi connectivity index (χ1) is 7.25. The van der Waals surface area contributed by atoms with Crippen molar-refractivity contribution in [3.8, 4) is 0 Å². The molecule has 0 aliphatic carbocycles. The number of aliphatic carboxylic acids is 1. The Hall–Kier alpha value is -0.530. The number of carbonyl (C=O) groups is 1. The van der Waals surface area contributed by atoms with Gasteiger partial charge in [-0.05, 0) is 36.5 Å². The first kappa shape index (κ1) is 15.5. The first-order valence-corrected chi connectivity index (χ1v) is 6.48. The van der Waals surface area contributed by atoms with Crippen LogP contribution >= 0.6 is 0 Å². The minimum absolute atomic E-state index is 0.234.